The summed E-state index contributed by atoms with van der Waals surface area (Å²) in [7, 11) is 0. The Morgan fingerprint density at radius 2 is 2.31 bits per heavy atom. The van der Waals surface area contributed by atoms with Crippen LogP contribution in [0.1, 0.15) is 26.7 Å². The average Bonchev–Trinajstić information content (AvgIpc) is 2.14. The summed E-state index contributed by atoms with van der Waals surface area (Å²) in [6.07, 6.45) is 4.21. The smallest absolute Gasteiger partial charge is 0.342 e. The van der Waals surface area contributed by atoms with Crippen molar-refractivity contribution in [3.05, 3.63) is 5.53 Å². The molecule has 0 aliphatic heterocycles. The molecule has 0 unspecified atom stereocenters. The van der Waals surface area contributed by atoms with Gasteiger partial charge >= 0.3 is 12.1 Å². The van der Waals surface area contributed by atoms with Crippen LogP contribution >= 0.6 is 0 Å². The lowest BCUT2D eigenvalue weighted by Crippen LogP contribution is -2.17. The van der Waals surface area contributed by atoms with Gasteiger partial charge in [-0.1, -0.05) is 13.8 Å². The summed E-state index contributed by atoms with van der Waals surface area (Å²) in [4.78, 5) is 6.08. The van der Waals surface area contributed by atoms with Gasteiger partial charge in [0.15, 0.2) is 0 Å². The zero-order valence-electron chi connectivity index (χ0n) is 7.77. The van der Waals surface area contributed by atoms with Crippen molar-refractivity contribution in [1.82, 2.24) is 0 Å². The highest BCUT2D eigenvalue weighted by molar-refractivity contribution is 6.24. The number of nitriles is 1. The fraction of sp³-hybridized carbons (Fsp3) is 0.625. The molecule has 0 aliphatic rings. The molecule has 5 heteroatoms. The highest BCUT2D eigenvalue weighted by Crippen LogP contribution is 2.02. The van der Waals surface area contributed by atoms with E-state index < -0.39 is 0 Å². The molecule has 0 aromatic heterocycles. The minimum Gasteiger partial charge on any atom is -0.469 e. The molecule has 0 rings (SSSR count). The van der Waals surface area contributed by atoms with E-state index in [1.165, 1.54) is 0 Å². The Bertz CT molecular complexity index is 256. The van der Waals surface area contributed by atoms with Gasteiger partial charge in [0.1, 0.15) is 6.10 Å². The predicted molar refractivity (Wildman–Crippen MR) is 48.2 cm³/mol. The quantitative estimate of drug-likeness (QED) is 0.215. The molecule has 0 aliphatic carbocycles. The van der Waals surface area contributed by atoms with E-state index in [0.717, 1.165) is 19.1 Å². The first-order chi connectivity index (χ1) is 6.28. The molecule has 0 aromatic carbocycles. The lowest BCUT2D eigenvalue weighted by molar-refractivity contribution is 0.00391. The first kappa shape index (κ1) is 11.3. The van der Waals surface area contributed by atoms with Crippen molar-refractivity contribution in [1.29, 1.82) is 5.26 Å². The molecular weight excluding hydrogens is 168 g/mol. The Morgan fingerprint density at radius 3 is 2.69 bits per heavy atom. The molecule has 0 radical (unpaired) electrons. The third-order valence-electron chi connectivity index (χ3n) is 1.53. The van der Waals surface area contributed by atoms with Crippen LogP contribution in [0.25, 0.3) is 5.53 Å². The van der Waals surface area contributed by atoms with Crippen LogP contribution in [0.15, 0.2) is 4.99 Å². The molecule has 0 aromatic rings. The molecule has 0 saturated carbocycles. The molecule has 5 nitrogen and oxygen atoms in total. The lowest BCUT2D eigenvalue weighted by atomic mass is 10.2. The molecule has 0 atom stereocenters. The van der Waals surface area contributed by atoms with Gasteiger partial charge < -0.3 is 10.3 Å². The summed E-state index contributed by atoms with van der Waals surface area (Å²) >= 11 is 0. The SMILES string of the molecule is CCC(CC)OC(C=[N+]=[N-])=NC#N. The van der Waals surface area contributed by atoms with E-state index >= 15 is 0 Å². The van der Waals surface area contributed by atoms with Gasteiger partial charge in [0.25, 0.3) is 0 Å². The van der Waals surface area contributed by atoms with Crippen molar-refractivity contribution in [2.24, 2.45) is 4.99 Å². The number of nitrogens with zero attached hydrogens (tertiary/aromatic N) is 4. The van der Waals surface area contributed by atoms with E-state index in [0.29, 0.717) is 0 Å². The second-order valence-corrected chi connectivity index (χ2v) is 2.35. The minimum absolute atomic E-state index is 0.00472. The third kappa shape index (κ3) is 4.72. The highest BCUT2D eigenvalue weighted by atomic mass is 16.5. The van der Waals surface area contributed by atoms with Gasteiger partial charge in [-0.2, -0.15) is 10.1 Å². The second-order valence-electron chi connectivity index (χ2n) is 2.35. The van der Waals surface area contributed by atoms with E-state index in [-0.39, 0.29) is 12.0 Å². The summed E-state index contributed by atoms with van der Waals surface area (Å²) < 4.78 is 5.25. The van der Waals surface area contributed by atoms with Gasteiger partial charge in [-0.25, -0.2) is 0 Å². The molecule has 0 saturated heterocycles. The van der Waals surface area contributed by atoms with Gasteiger partial charge in [-0.15, -0.1) is 4.99 Å². The molecule has 0 heterocycles. The molecule has 0 fully saturated rings. The van der Waals surface area contributed by atoms with Crippen molar-refractivity contribution in [3.63, 3.8) is 0 Å². The summed E-state index contributed by atoms with van der Waals surface area (Å²) in [6.45, 7) is 3.93. The standard InChI is InChI=1S/C8H12N4O/c1-3-7(4-2)13-8(5-12-10)11-6-9/h5,7H,3-4H2,1-2H3. The van der Waals surface area contributed by atoms with E-state index in [9.17, 15) is 0 Å². The molecule has 0 spiro atoms. The Hall–Kier alpha value is -1.66. The minimum atomic E-state index is 0.00472. The fourth-order valence-corrected chi connectivity index (χ4v) is 0.810. The van der Waals surface area contributed by atoms with Crippen molar-refractivity contribution in [2.45, 2.75) is 32.8 Å². The zero-order chi connectivity index (χ0) is 10.1. The maximum absolute atomic E-state index is 8.26. The summed E-state index contributed by atoms with van der Waals surface area (Å²) in [6, 6.07) is 0. The lowest BCUT2D eigenvalue weighted by Gasteiger charge is -2.11. The van der Waals surface area contributed by atoms with E-state index in [2.05, 4.69) is 9.78 Å². The van der Waals surface area contributed by atoms with Crippen molar-refractivity contribution in [2.75, 3.05) is 0 Å². The topological polar surface area (TPSA) is 81.8 Å². The van der Waals surface area contributed by atoms with Gasteiger partial charge in [0, 0.05) is 0 Å². The maximum Gasteiger partial charge on any atom is 0.342 e. The predicted octanol–water partition coefficient (Wildman–Crippen LogP) is 1.37. The molecule has 0 N–H and O–H groups in total. The fourth-order valence-electron chi connectivity index (χ4n) is 0.810. The molecule has 0 bridgehead atoms. The van der Waals surface area contributed by atoms with Crippen LogP contribution in [0, 0.1) is 11.5 Å². The normalized spacial score (nSPS) is 10.5. The Kier molecular flexibility index (Phi) is 6.12. The number of rotatable bonds is 4. The van der Waals surface area contributed by atoms with E-state index in [4.69, 9.17) is 15.5 Å². The monoisotopic (exact) mass is 180 g/mol. The first-order valence-electron chi connectivity index (χ1n) is 4.09. The van der Waals surface area contributed by atoms with Crippen LogP contribution < -0.4 is 0 Å². The van der Waals surface area contributed by atoms with Crippen LogP contribution in [0.4, 0.5) is 0 Å². The molecular formula is C8H12N4O. The molecule has 13 heavy (non-hydrogen) atoms. The highest BCUT2D eigenvalue weighted by Gasteiger charge is 2.09. The van der Waals surface area contributed by atoms with E-state index in [1.807, 2.05) is 13.8 Å². The molecule has 0 amide bonds. The van der Waals surface area contributed by atoms with Crippen LogP contribution in [0.2, 0.25) is 0 Å². The van der Waals surface area contributed by atoms with Crippen LogP contribution in [0.3, 0.4) is 0 Å². The van der Waals surface area contributed by atoms with Gasteiger partial charge in [0.2, 0.25) is 6.19 Å². The number of hydrogen-bond acceptors (Lipinski definition) is 3. The van der Waals surface area contributed by atoms with Crippen molar-refractivity contribution < 1.29 is 9.53 Å². The Morgan fingerprint density at radius 1 is 1.69 bits per heavy atom. The molecule has 70 valence electrons. The Balaban J connectivity index is 4.35. The largest absolute Gasteiger partial charge is 0.469 e. The maximum atomic E-state index is 8.26. The third-order valence-corrected chi connectivity index (χ3v) is 1.53. The Labute approximate surface area is 77.3 Å². The number of ether oxygens (including phenoxy) is 1. The van der Waals surface area contributed by atoms with Crippen LogP contribution in [-0.4, -0.2) is 23.0 Å². The summed E-state index contributed by atoms with van der Waals surface area (Å²) in [5.74, 6) is 0.0405. The van der Waals surface area contributed by atoms with Gasteiger partial charge in [-0.3, -0.25) is 0 Å². The van der Waals surface area contributed by atoms with Crippen molar-refractivity contribution in [3.8, 4) is 6.19 Å². The number of hydrogen-bond donors (Lipinski definition) is 0. The average molecular weight is 180 g/mol. The summed E-state index contributed by atoms with van der Waals surface area (Å²) in [5.41, 5.74) is 8.22. The zero-order valence-corrected chi connectivity index (χ0v) is 7.77. The van der Waals surface area contributed by atoms with Crippen LogP contribution in [-0.2, 0) is 4.74 Å². The second kappa shape index (κ2) is 7.01. The van der Waals surface area contributed by atoms with E-state index in [1.54, 1.807) is 6.19 Å². The van der Waals surface area contributed by atoms with Gasteiger partial charge in [0.05, 0.1) is 0 Å². The summed E-state index contributed by atoms with van der Waals surface area (Å²) in [5, 5.41) is 8.26. The van der Waals surface area contributed by atoms with Crippen molar-refractivity contribution >= 4 is 12.1 Å². The van der Waals surface area contributed by atoms with Crippen LogP contribution in [0.5, 0.6) is 0 Å². The van der Waals surface area contributed by atoms with Gasteiger partial charge in [-0.05, 0) is 12.8 Å². The first-order valence-corrected chi connectivity index (χ1v) is 4.09. The number of aliphatic imine (C=N–C) groups is 1.